The standard InChI is InChI=1S/C13H20ClN3O/c1-3-4-13(5-7-15-8-6-13)12(18)11-10(14)9-16-17(11)2/h9,15H,3-8H2,1-2H3. The minimum Gasteiger partial charge on any atom is -0.317 e. The highest BCUT2D eigenvalue weighted by atomic mass is 35.5. The summed E-state index contributed by atoms with van der Waals surface area (Å²) in [7, 11) is 1.78. The summed E-state index contributed by atoms with van der Waals surface area (Å²) in [6.07, 6.45) is 5.27. The molecule has 0 aliphatic carbocycles. The molecule has 0 radical (unpaired) electrons. The summed E-state index contributed by atoms with van der Waals surface area (Å²) in [4.78, 5) is 12.8. The maximum Gasteiger partial charge on any atom is 0.188 e. The molecule has 1 aliphatic heterocycles. The second-order valence-corrected chi connectivity index (χ2v) is 5.48. The summed E-state index contributed by atoms with van der Waals surface area (Å²) >= 11 is 6.10. The van der Waals surface area contributed by atoms with Crippen molar-refractivity contribution < 1.29 is 4.79 Å². The second-order valence-electron chi connectivity index (χ2n) is 5.07. The third-order valence-corrected chi connectivity index (χ3v) is 4.16. The maximum absolute atomic E-state index is 12.8. The Morgan fingerprint density at radius 2 is 2.22 bits per heavy atom. The number of hydrogen-bond donors (Lipinski definition) is 1. The zero-order chi connectivity index (χ0) is 13.2. The van der Waals surface area contributed by atoms with Gasteiger partial charge >= 0.3 is 0 Å². The lowest BCUT2D eigenvalue weighted by Crippen LogP contribution is -2.42. The highest BCUT2D eigenvalue weighted by molar-refractivity contribution is 6.33. The molecule has 1 saturated heterocycles. The van der Waals surface area contributed by atoms with Crippen LogP contribution in [-0.2, 0) is 7.05 Å². The fourth-order valence-corrected chi connectivity index (χ4v) is 3.14. The van der Waals surface area contributed by atoms with Crippen LogP contribution in [0, 0.1) is 5.41 Å². The molecule has 18 heavy (non-hydrogen) atoms. The third kappa shape index (κ3) is 2.31. The summed E-state index contributed by atoms with van der Waals surface area (Å²) < 4.78 is 1.60. The first-order valence-corrected chi connectivity index (χ1v) is 6.91. The highest BCUT2D eigenvalue weighted by Crippen LogP contribution is 2.38. The number of carbonyl (C=O) groups is 1. The zero-order valence-corrected chi connectivity index (χ0v) is 11.8. The molecule has 5 heteroatoms. The van der Waals surface area contributed by atoms with Crippen molar-refractivity contribution in [2.45, 2.75) is 32.6 Å². The van der Waals surface area contributed by atoms with Gasteiger partial charge in [0.05, 0.1) is 11.2 Å². The largest absolute Gasteiger partial charge is 0.317 e. The molecule has 1 aliphatic rings. The van der Waals surface area contributed by atoms with Gasteiger partial charge in [0.1, 0.15) is 5.69 Å². The Kier molecular flexibility index (Phi) is 4.07. The van der Waals surface area contributed by atoms with E-state index in [0.29, 0.717) is 10.7 Å². The normalized spacial score (nSPS) is 18.8. The Morgan fingerprint density at radius 3 is 2.72 bits per heavy atom. The number of aromatic nitrogens is 2. The molecule has 2 heterocycles. The van der Waals surface area contributed by atoms with Crippen LogP contribution in [0.1, 0.15) is 43.1 Å². The smallest absolute Gasteiger partial charge is 0.188 e. The molecular weight excluding hydrogens is 250 g/mol. The van der Waals surface area contributed by atoms with E-state index in [1.54, 1.807) is 17.9 Å². The molecule has 2 rings (SSSR count). The Bertz CT molecular complexity index is 410. The third-order valence-electron chi connectivity index (χ3n) is 3.88. The number of halogens is 1. The van der Waals surface area contributed by atoms with Gasteiger partial charge in [-0.15, -0.1) is 0 Å². The fraction of sp³-hybridized carbons (Fsp3) is 0.692. The number of nitrogens with zero attached hydrogens (tertiary/aromatic N) is 2. The van der Waals surface area contributed by atoms with E-state index in [1.165, 1.54) is 0 Å². The molecular formula is C13H20ClN3O. The van der Waals surface area contributed by atoms with Crippen LogP contribution in [0.25, 0.3) is 0 Å². The predicted octanol–water partition coefficient (Wildman–Crippen LogP) is 2.43. The Hall–Kier alpha value is -0.870. The first-order chi connectivity index (χ1) is 8.60. The predicted molar refractivity (Wildman–Crippen MR) is 72.0 cm³/mol. The second kappa shape index (κ2) is 5.41. The van der Waals surface area contributed by atoms with Crippen LogP contribution in [-0.4, -0.2) is 28.7 Å². The van der Waals surface area contributed by atoms with Crippen molar-refractivity contribution in [3.8, 4) is 0 Å². The Balaban J connectivity index is 2.34. The number of ketones is 1. The van der Waals surface area contributed by atoms with E-state index in [1.807, 2.05) is 0 Å². The first-order valence-electron chi connectivity index (χ1n) is 6.54. The highest BCUT2D eigenvalue weighted by Gasteiger charge is 2.40. The molecule has 0 aromatic carbocycles. The SMILES string of the molecule is CCCC1(C(=O)c2c(Cl)cnn2C)CCNCC1. The van der Waals surface area contributed by atoms with E-state index in [0.717, 1.165) is 38.8 Å². The molecule has 1 N–H and O–H groups in total. The van der Waals surface area contributed by atoms with Gasteiger partial charge in [-0.2, -0.15) is 5.10 Å². The van der Waals surface area contributed by atoms with Crippen LogP contribution in [0.5, 0.6) is 0 Å². The molecule has 0 atom stereocenters. The van der Waals surface area contributed by atoms with Crippen molar-refractivity contribution in [2.75, 3.05) is 13.1 Å². The van der Waals surface area contributed by atoms with E-state index < -0.39 is 0 Å². The van der Waals surface area contributed by atoms with Crippen molar-refractivity contribution in [1.82, 2.24) is 15.1 Å². The number of nitrogens with one attached hydrogen (secondary N) is 1. The number of rotatable bonds is 4. The lowest BCUT2D eigenvalue weighted by Gasteiger charge is -2.36. The van der Waals surface area contributed by atoms with Crippen LogP contribution < -0.4 is 5.32 Å². The molecule has 1 aromatic heterocycles. The van der Waals surface area contributed by atoms with E-state index in [9.17, 15) is 4.79 Å². The molecule has 0 bridgehead atoms. The van der Waals surface area contributed by atoms with E-state index in [-0.39, 0.29) is 11.2 Å². The van der Waals surface area contributed by atoms with Gasteiger partial charge in [-0.25, -0.2) is 0 Å². The van der Waals surface area contributed by atoms with Gasteiger partial charge in [-0.1, -0.05) is 24.9 Å². The maximum atomic E-state index is 12.8. The number of hydrogen-bond acceptors (Lipinski definition) is 3. The van der Waals surface area contributed by atoms with Crippen molar-refractivity contribution >= 4 is 17.4 Å². The summed E-state index contributed by atoms with van der Waals surface area (Å²) in [5, 5.41) is 7.86. The van der Waals surface area contributed by atoms with Gasteiger partial charge in [0.2, 0.25) is 0 Å². The molecule has 1 aromatic rings. The van der Waals surface area contributed by atoms with Crippen molar-refractivity contribution in [3.05, 3.63) is 16.9 Å². The molecule has 0 saturated carbocycles. The monoisotopic (exact) mass is 269 g/mol. The van der Waals surface area contributed by atoms with Gasteiger partial charge in [-0.3, -0.25) is 9.48 Å². The average molecular weight is 270 g/mol. The van der Waals surface area contributed by atoms with E-state index >= 15 is 0 Å². The van der Waals surface area contributed by atoms with Crippen LogP contribution in [0.4, 0.5) is 0 Å². The van der Waals surface area contributed by atoms with Crippen LogP contribution in [0.2, 0.25) is 5.02 Å². The molecule has 0 spiro atoms. The van der Waals surface area contributed by atoms with Gasteiger partial charge in [0.25, 0.3) is 0 Å². The van der Waals surface area contributed by atoms with Crippen LogP contribution in [0.15, 0.2) is 6.20 Å². The topological polar surface area (TPSA) is 46.9 Å². The van der Waals surface area contributed by atoms with Crippen molar-refractivity contribution in [1.29, 1.82) is 0 Å². The summed E-state index contributed by atoms with van der Waals surface area (Å²) in [6.45, 7) is 3.93. The van der Waals surface area contributed by atoms with Gasteiger partial charge < -0.3 is 5.32 Å². The molecule has 0 amide bonds. The van der Waals surface area contributed by atoms with Gasteiger partial charge in [0, 0.05) is 12.5 Å². The summed E-state index contributed by atoms with van der Waals surface area (Å²) in [6, 6.07) is 0. The van der Waals surface area contributed by atoms with Crippen LogP contribution >= 0.6 is 11.6 Å². The van der Waals surface area contributed by atoms with Gasteiger partial charge in [-0.05, 0) is 32.4 Å². The number of piperidine rings is 1. The lowest BCUT2D eigenvalue weighted by molar-refractivity contribution is 0.0693. The Morgan fingerprint density at radius 1 is 1.56 bits per heavy atom. The first kappa shape index (κ1) is 13.6. The van der Waals surface area contributed by atoms with E-state index in [4.69, 9.17) is 11.6 Å². The quantitative estimate of drug-likeness (QED) is 0.854. The fourth-order valence-electron chi connectivity index (χ4n) is 2.89. The zero-order valence-electron chi connectivity index (χ0n) is 11.0. The Labute approximate surface area is 113 Å². The average Bonchev–Trinajstić information content (AvgIpc) is 2.70. The summed E-state index contributed by atoms with van der Waals surface area (Å²) in [5.41, 5.74) is 0.310. The number of carbonyl (C=O) groups excluding carboxylic acids is 1. The molecule has 4 nitrogen and oxygen atoms in total. The molecule has 100 valence electrons. The van der Waals surface area contributed by atoms with Crippen molar-refractivity contribution in [3.63, 3.8) is 0 Å². The molecule has 1 fully saturated rings. The lowest BCUT2D eigenvalue weighted by atomic mass is 9.71. The summed E-state index contributed by atoms with van der Waals surface area (Å²) in [5.74, 6) is 0.163. The minimum absolute atomic E-state index is 0.163. The van der Waals surface area contributed by atoms with E-state index in [2.05, 4.69) is 17.3 Å². The minimum atomic E-state index is -0.253. The van der Waals surface area contributed by atoms with Crippen molar-refractivity contribution in [2.24, 2.45) is 12.5 Å². The number of Topliss-reactive ketones (excluding diaryl/α,β-unsaturated/α-hetero) is 1. The van der Waals surface area contributed by atoms with Gasteiger partial charge in [0.15, 0.2) is 5.78 Å². The van der Waals surface area contributed by atoms with Crippen LogP contribution in [0.3, 0.4) is 0 Å². The number of aryl methyl sites for hydroxylation is 1. The molecule has 0 unspecified atom stereocenters.